The van der Waals surface area contributed by atoms with E-state index in [0.717, 1.165) is 18.4 Å². The van der Waals surface area contributed by atoms with E-state index < -0.39 is 0 Å². The number of hydrogen-bond donors (Lipinski definition) is 0. The Morgan fingerprint density at radius 2 is 1.73 bits per heavy atom. The summed E-state index contributed by atoms with van der Waals surface area (Å²) in [5, 5.41) is 24.4. The summed E-state index contributed by atoms with van der Waals surface area (Å²) in [7, 11) is 0. The third-order valence-corrected chi connectivity index (χ3v) is 5.61. The molecule has 1 fully saturated rings. The van der Waals surface area contributed by atoms with Crippen molar-refractivity contribution >= 4 is 34.8 Å². The van der Waals surface area contributed by atoms with Crippen LogP contribution in [0.1, 0.15) is 30.2 Å². The SMILES string of the molecule is N#Cc1c(-c2nnc(C3CC3)o2)nn(-c2ccc(Cl)cc2Cl)c1-c1ccc(Cl)cc1. The zero-order chi connectivity index (χ0) is 20.8. The predicted octanol–water partition coefficient (Wildman–Crippen LogP) is 6.30. The highest BCUT2D eigenvalue weighted by Crippen LogP contribution is 2.41. The van der Waals surface area contributed by atoms with Crippen LogP contribution in [0.5, 0.6) is 0 Å². The average molecular weight is 457 g/mol. The van der Waals surface area contributed by atoms with E-state index in [1.807, 2.05) is 12.1 Å². The third kappa shape index (κ3) is 3.35. The van der Waals surface area contributed by atoms with Gasteiger partial charge in [-0.25, -0.2) is 4.68 Å². The Balaban J connectivity index is 1.76. The summed E-state index contributed by atoms with van der Waals surface area (Å²) in [6, 6.07) is 14.4. The molecule has 0 N–H and O–H groups in total. The second kappa shape index (κ2) is 7.44. The fourth-order valence-electron chi connectivity index (χ4n) is 3.20. The van der Waals surface area contributed by atoms with Gasteiger partial charge < -0.3 is 4.42 Å². The van der Waals surface area contributed by atoms with Crippen LogP contribution in [-0.2, 0) is 0 Å². The van der Waals surface area contributed by atoms with E-state index in [1.54, 1.807) is 35.0 Å². The van der Waals surface area contributed by atoms with Gasteiger partial charge in [0.25, 0.3) is 5.89 Å². The lowest BCUT2D eigenvalue weighted by Gasteiger charge is -2.10. The van der Waals surface area contributed by atoms with Gasteiger partial charge in [-0.3, -0.25) is 0 Å². The lowest BCUT2D eigenvalue weighted by Crippen LogP contribution is -2.00. The Kier molecular flexibility index (Phi) is 4.75. The summed E-state index contributed by atoms with van der Waals surface area (Å²) < 4.78 is 7.41. The van der Waals surface area contributed by atoms with Gasteiger partial charge in [-0.05, 0) is 43.2 Å². The summed E-state index contributed by atoms with van der Waals surface area (Å²) >= 11 is 18.6. The molecule has 0 atom stereocenters. The summed E-state index contributed by atoms with van der Waals surface area (Å²) in [6.45, 7) is 0. The number of hydrogen-bond acceptors (Lipinski definition) is 5. The molecule has 0 radical (unpaired) electrons. The Bertz CT molecular complexity index is 1300. The minimum absolute atomic E-state index is 0.201. The lowest BCUT2D eigenvalue weighted by atomic mass is 10.1. The maximum Gasteiger partial charge on any atom is 0.269 e. The Hall–Kier alpha value is -2.85. The van der Waals surface area contributed by atoms with E-state index in [9.17, 15) is 5.26 Å². The van der Waals surface area contributed by atoms with E-state index in [4.69, 9.17) is 39.2 Å². The normalized spacial score (nSPS) is 13.4. The van der Waals surface area contributed by atoms with E-state index in [2.05, 4.69) is 21.4 Å². The quantitative estimate of drug-likeness (QED) is 0.360. The first-order chi connectivity index (χ1) is 14.5. The van der Waals surface area contributed by atoms with Crippen molar-refractivity contribution in [2.45, 2.75) is 18.8 Å². The van der Waals surface area contributed by atoms with Gasteiger partial charge in [0.1, 0.15) is 11.6 Å². The third-order valence-electron chi connectivity index (χ3n) is 4.82. The maximum absolute atomic E-state index is 10.0. The van der Waals surface area contributed by atoms with Gasteiger partial charge in [0, 0.05) is 21.5 Å². The van der Waals surface area contributed by atoms with Gasteiger partial charge in [0.15, 0.2) is 5.69 Å². The molecule has 1 aliphatic carbocycles. The van der Waals surface area contributed by atoms with Crippen LogP contribution < -0.4 is 0 Å². The van der Waals surface area contributed by atoms with Crippen molar-refractivity contribution in [3.63, 3.8) is 0 Å². The minimum atomic E-state index is 0.201. The van der Waals surface area contributed by atoms with Crippen LogP contribution in [0.2, 0.25) is 15.1 Å². The molecule has 5 rings (SSSR count). The predicted molar refractivity (Wildman–Crippen MR) is 114 cm³/mol. The number of benzene rings is 2. The highest BCUT2D eigenvalue weighted by atomic mass is 35.5. The molecule has 2 aromatic heterocycles. The van der Waals surface area contributed by atoms with Gasteiger partial charge >= 0.3 is 0 Å². The Labute approximate surface area is 186 Å². The first-order valence-electron chi connectivity index (χ1n) is 9.13. The molecule has 0 aliphatic heterocycles. The second-order valence-electron chi connectivity index (χ2n) is 6.92. The molecule has 0 spiro atoms. The highest BCUT2D eigenvalue weighted by molar-refractivity contribution is 6.35. The molecule has 2 heterocycles. The molecule has 2 aromatic carbocycles. The average Bonchev–Trinajstić information content (AvgIpc) is 3.34. The summed E-state index contributed by atoms with van der Waals surface area (Å²) in [4.78, 5) is 0. The van der Waals surface area contributed by atoms with Crippen LogP contribution in [0.3, 0.4) is 0 Å². The van der Waals surface area contributed by atoms with Crippen LogP contribution >= 0.6 is 34.8 Å². The summed E-state index contributed by atoms with van der Waals surface area (Å²) in [5.41, 5.74) is 2.44. The standard InChI is InChI=1S/C21H12Cl3N5O/c22-13-5-3-11(4-6-13)19-15(10-25)18(21-27-26-20(30-21)12-1-2-12)28-29(19)17-8-7-14(23)9-16(17)24/h3-9,12H,1-2H2. The largest absolute Gasteiger partial charge is 0.419 e. The van der Waals surface area contributed by atoms with Crippen LogP contribution in [-0.4, -0.2) is 20.0 Å². The van der Waals surface area contributed by atoms with Gasteiger partial charge in [0.2, 0.25) is 5.89 Å². The van der Waals surface area contributed by atoms with Gasteiger partial charge in [-0.2, -0.15) is 10.4 Å². The molecule has 9 heteroatoms. The Morgan fingerprint density at radius 1 is 1.00 bits per heavy atom. The zero-order valence-corrected chi connectivity index (χ0v) is 17.6. The topological polar surface area (TPSA) is 80.5 Å². The smallest absolute Gasteiger partial charge is 0.269 e. The van der Waals surface area contributed by atoms with E-state index in [-0.39, 0.29) is 5.89 Å². The van der Waals surface area contributed by atoms with Crippen LogP contribution in [0.15, 0.2) is 46.9 Å². The van der Waals surface area contributed by atoms with Crippen molar-refractivity contribution in [3.8, 4) is 34.6 Å². The molecule has 30 heavy (non-hydrogen) atoms. The van der Waals surface area contributed by atoms with E-state index in [1.165, 1.54) is 0 Å². The Morgan fingerprint density at radius 3 is 2.40 bits per heavy atom. The van der Waals surface area contributed by atoms with E-state index in [0.29, 0.717) is 49.5 Å². The molecule has 0 saturated heterocycles. The van der Waals surface area contributed by atoms with Gasteiger partial charge in [0.05, 0.1) is 16.4 Å². The van der Waals surface area contributed by atoms with Crippen molar-refractivity contribution in [2.75, 3.05) is 0 Å². The molecular weight excluding hydrogens is 445 g/mol. The number of aromatic nitrogens is 4. The fourth-order valence-corrected chi connectivity index (χ4v) is 3.82. The highest BCUT2D eigenvalue weighted by Gasteiger charge is 2.31. The van der Waals surface area contributed by atoms with Gasteiger partial charge in [-0.1, -0.05) is 46.9 Å². The number of nitrogens with zero attached hydrogens (tertiary/aromatic N) is 5. The fraction of sp³-hybridized carbons (Fsp3) is 0.143. The lowest BCUT2D eigenvalue weighted by molar-refractivity contribution is 0.506. The van der Waals surface area contributed by atoms with Crippen LogP contribution in [0.4, 0.5) is 0 Å². The van der Waals surface area contributed by atoms with Crippen molar-refractivity contribution < 1.29 is 4.42 Å². The zero-order valence-electron chi connectivity index (χ0n) is 15.3. The van der Waals surface area contributed by atoms with Crippen molar-refractivity contribution in [1.29, 1.82) is 5.26 Å². The van der Waals surface area contributed by atoms with Crippen LogP contribution in [0.25, 0.3) is 28.5 Å². The van der Waals surface area contributed by atoms with E-state index >= 15 is 0 Å². The van der Waals surface area contributed by atoms with Crippen molar-refractivity contribution in [3.05, 3.63) is 69.0 Å². The van der Waals surface area contributed by atoms with Gasteiger partial charge in [-0.15, -0.1) is 10.2 Å². The monoisotopic (exact) mass is 455 g/mol. The molecule has 1 aliphatic rings. The summed E-state index contributed by atoms with van der Waals surface area (Å²) in [6.07, 6.45) is 2.05. The first-order valence-corrected chi connectivity index (χ1v) is 10.3. The first kappa shape index (κ1) is 19.1. The van der Waals surface area contributed by atoms with Crippen molar-refractivity contribution in [2.24, 2.45) is 0 Å². The molecule has 0 bridgehead atoms. The maximum atomic E-state index is 10.0. The number of rotatable bonds is 4. The van der Waals surface area contributed by atoms with Crippen molar-refractivity contribution in [1.82, 2.24) is 20.0 Å². The molecule has 0 amide bonds. The van der Waals surface area contributed by atoms with Crippen LogP contribution in [0, 0.1) is 11.3 Å². The molecule has 6 nitrogen and oxygen atoms in total. The number of nitriles is 1. The molecule has 148 valence electrons. The summed E-state index contributed by atoms with van der Waals surface area (Å²) in [5.74, 6) is 1.06. The molecule has 4 aromatic rings. The molecule has 0 unspecified atom stereocenters. The number of halogens is 3. The minimum Gasteiger partial charge on any atom is -0.419 e. The molecule has 1 saturated carbocycles. The molecular formula is C21H12Cl3N5O. The second-order valence-corrected chi connectivity index (χ2v) is 8.20.